The van der Waals surface area contributed by atoms with Crippen molar-refractivity contribution < 1.29 is 23.0 Å². The molecule has 2 heterocycles. The number of aromatic nitrogens is 3. The molecule has 164 valence electrons. The number of halogens is 2. The van der Waals surface area contributed by atoms with Crippen molar-refractivity contribution in [2.75, 3.05) is 11.9 Å². The van der Waals surface area contributed by atoms with Gasteiger partial charge in [-0.05, 0) is 32.0 Å². The number of anilines is 1. The highest BCUT2D eigenvalue weighted by molar-refractivity contribution is 6.08. The van der Waals surface area contributed by atoms with Crippen LogP contribution in [0.4, 0.5) is 14.5 Å². The molecule has 9 heteroatoms. The molecular formula is C23H20F2N4O3. The number of rotatable bonds is 7. The third-order valence-electron chi connectivity index (χ3n) is 4.71. The Kier molecular flexibility index (Phi) is 5.98. The van der Waals surface area contributed by atoms with Crippen LogP contribution in [0.25, 0.3) is 16.9 Å². The molecule has 0 aliphatic carbocycles. The van der Waals surface area contributed by atoms with Crippen LogP contribution in [0, 0.1) is 6.92 Å². The summed E-state index contributed by atoms with van der Waals surface area (Å²) in [7, 11) is 0. The van der Waals surface area contributed by atoms with E-state index in [2.05, 4.69) is 20.1 Å². The molecular weight excluding hydrogens is 418 g/mol. The van der Waals surface area contributed by atoms with Crippen molar-refractivity contribution in [1.82, 2.24) is 14.6 Å². The summed E-state index contributed by atoms with van der Waals surface area (Å²) in [5.74, 6) is -0.455. The standard InChI is InChI=1S/C23H20F2N4O3/c1-3-31-20-12-16(8-9-19(20)32-23(24)25)28-22(30)17-13-27-29-18(10-11-26-21(17)29)15-6-4-14(2)5-7-15/h4-13,23H,3H2,1-2H3,(H,28,30). The highest BCUT2D eigenvalue weighted by Crippen LogP contribution is 2.32. The zero-order chi connectivity index (χ0) is 22.7. The molecule has 7 nitrogen and oxygen atoms in total. The van der Waals surface area contributed by atoms with E-state index >= 15 is 0 Å². The molecule has 0 bridgehead atoms. The first kappa shape index (κ1) is 21.2. The van der Waals surface area contributed by atoms with Crippen LogP contribution in [0.5, 0.6) is 11.5 Å². The number of hydrogen-bond acceptors (Lipinski definition) is 5. The minimum atomic E-state index is -2.98. The monoisotopic (exact) mass is 438 g/mol. The zero-order valence-electron chi connectivity index (χ0n) is 17.4. The number of aryl methyl sites for hydroxylation is 1. The highest BCUT2D eigenvalue weighted by Gasteiger charge is 2.18. The zero-order valence-corrected chi connectivity index (χ0v) is 17.4. The van der Waals surface area contributed by atoms with Gasteiger partial charge in [-0.1, -0.05) is 29.8 Å². The van der Waals surface area contributed by atoms with E-state index in [1.165, 1.54) is 24.4 Å². The summed E-state index contributed by atoms with van der Waals surface area (Å²) in [6.45, 7) is 0.984. The maximum atomic E-state index is 12.9. The minimum absolute atomic E-state index is 0.102. The number of nitrogens with one attached hydrogen (secondary N) is 1. The lowest BCUT2D eigenvalue weighted by molar-refractivity contribution is -0.0514. The highest BCUT2D eigenvalue weighted by atomic mass is 19.3. The average Bonchev–Trinajstić information content (AvgIpc) is 3.20. The molecule has 0 aliphatic rings. The topological polar surface area (TPSA) is 77.8 Å². The Balaban J connectivity index is 1.63. The lowest BCUT2D eigenvalue weighted by Gasteiger charge is -2.13. The van der Waals surface area contributed by atoms with E-state index in [-0.39, 0.29) is 23.7 Å². The molecule has 1 N–H and O–H groups in total. The summed E-state index contributed by atoms with van der Waals surface area (Å²) in [6.07, 6.45) is 3.06. The number of amides is 1. The van der Waals surface area contributed by atoms with Crippen LogP contribution in [0.1, 0.15) is 22.8 Å². The second-order valence-corrected chi connectivity index (χ2v) is 6.92. The van der Waals surface area contributed by atoms with Crippen molar-refractivity contribution >= 4 is 17.2 Å². The van der Waals surface area contributed by atoms with Crippen molar-refractivity contribution in [1.29, 1.82) is 0 Å². The SMILES string of the molecule is CCOc1cc(NC(=O)c2cnn3c(-c4ccc(C)cc4)ccnc23)ccc1OC(F)F. The van der Waals surface area contributed by atoms with Gasteiger partial charge in [0.2, 0.25) is 0 Å². The van der Waals surface area contributed by atoms with Gasteiger partial charge in [0.1, 0.15) is 5.56 Å². The third kappa shape index (κ3) is 4.36. The number of ether oxygens (including phenoxy) is 2. The first-order valence-electron chi connectivity index (χ1n) is 9.89. The number of carbonyl (C=O) groups excluding carboxylic acids is 1. The Morgan fingerprint density at radius 1 is 1.12 bits per heavy atom. The molecule has 4 aromatic rings. The van der Waals surface area contributed by atoms with Crippen LogP contribution in [-0.2, 0) is 0 Å². The average molecular weight is 438 g/mol. The molecule has 0 unspecified atom stereocenters. The molecule has 2 aromatic carbocycles. The molecule has 32 heavy (non-hydrogen) atoms. The van der Waals surface area contributed by atoms with E-state index in [0.717, 1.165) is 16.8 Å². The fourth-order valence-electron chi connectivity index (χ4n) is 3.24. The summed E-state index contributed by atoms with van der Waals surface area (Å²) in [5, 5.41) is 7.07. The Hall–Kier alpha value is -4.01. The van der Waals surface area contributed by atoms with Gasteiger partial charge in [0.15, 0.2) is 17.1 Å². The maximum Gasteiger partial charge on any atom is 0.387 e. The smallest absolute Gasteiger partial charge is 0.387 e. The number of nitrogens with zero attached hydrogens (tertiary/aromatic N) is 3. The van der Waals surface area contributed by atoms with Crippen LogP contribution in [0.3, 0.4) is 0 Å². The summed E-state index contributed by atoms with van der Waals surface area (Å²) in [4.78, 5) is 17.2. The van der Waals surface area contributed by atoms with Crippen molar-refractivity contribution in [2.24, 2.45) is 0 Å². The molecule has 0 spiro atoms. The van der Waals surface area contributed by atoms with Crippen LogP contribution in [0.15, 0.2) is 60.9 Å². The van der Waals surface area contributed by atoms with Gasteiger partial charge < -0.3 is 14.8 Å². The van der Waals surface area contributed by atoms with Crippen LogP contribution >= 0.6 is 0 Å². The number of fused-ring (bicyclic) bond motifs is 1. The first-order chi connectivity index (χ1) is 15.5. The van der Waals surface area contributed by atoms with E-state index in [1.807, 2.05) is 37.3 Å². The van der Waals surface area contributed by atoms with Crippen molar-refractivity contribution in [3.8, 4) is 22.8 Å². The Morgan fingerprint density at radius 2 is 1.91 bits per heavy atom. The number of carbonyl (C=O) groups is 1. The van der Waals surface area contributed by atoms with Crippen molar-refractivity contribution in [3.05, 3.63) is 72.1 Å². The molecule has 0 radical (unpaired) electrons. The molecule has 0 atom stereocenters. The molecule has 0 fully saturated rings. The summed E-state index contributed by atoms with van der Waals surface area (Å²) < 4.78 is 36.6. The molecule has 0 saturated heterocycles. The van der Waals surface area contributed by atoms with E-state index in [0.29, 0.717) is 11.3 Å². The second-order valence-electron chi connectivity index (χ2n) is 6.92. The molecule has 1 amide bonds. The summed E-state index contributed by atoms with van der Waals surface area (Å²) in [5.41, 5.74) is 3.88. The fraction of sp³-hybridized carbons (Fsp3) is 0.174. The van der Waals surface area contributed by atoms with Gasteiger partial charge in [-0.2, -0.15) is 13.9 Å². The fourth-order valence-corrected chi connectivity index (χ4v) is 3.24. The van der Waals surface area contributed by atoms with Gasteiger partial charge in [0.25, 0.3) is 5.91 Å². The number of benzene rings is 2. The largest absolute Gasteiger partial charge is 0.490 e. The summed E-state index contributed by atoms with van der Waals surface area (Å²) >= 11 is 0. The van der Waals surface area contributed by atoms with Gasteiger partial charge in [0.05, 0.1) is 18.5 Å². The van der Waals surface area contributed by atoms with Crippen molar-refractivity contribution in [3.63, 3.8) is 0 Å². The second kappa shape index (κ2) is 9.01. The van der Waals surface area contributed by atoms with Gasteiger partial charge >= 0.3 is 6.61 Å². The van der Waals surface area contributed by atoms with Crippen LogP contribution < -0.4 is 14.8 Å². The quantitative estimate of drug-likeness (QED) is 0.441. The van der Waals surface area contributed by atoms with Crippen molar-refractivity contribution in [2.45, 2.75) is 20.5 Å². The lowest BCUT2D eigenvalue weighted by atomic mass is 10.1. The lowest BCUT2D eigenvalue weighted by Crippen LogP contribution is -2.12. The van der Waals surface area contributed by atoms with E-state index in [9.17, 15) is 13.6 Å². The number of hydrogen-bond donors (Lipinski definition) is 1. The Morgan fingerprint density at radius 3 is 2.62 bits per heavy atom. The predicted molar refractivity (Wildman–Crippen MR) is 115 cm³/mol. The minimum Gasteiger partial charge on any atom is -0.490 e. The normalized spacial score (nSPS) is 11.0. The van der Waals surface area contributed by atoms with E-state index < -0.39 is 12.5 Å². The van der Waals surface area contributed by atoms with E-state index in [4.69, 9.17) is 4.74 Å². The molecule has 4 rings (SSSR count). The van der Waals surface area contributed by atoms with Crippen LogP contribution in [0.2, 0.25) is 0 Å². The Labute approximate surface area is 182 Å². The maximum absolute atomic E-state index is 12.9. The van der Waals surface area contributed by atoms with Gasteiger partial charge in [-0.15, -0.1) is 0 Å². The van der Waals surface area contributed by atoms with Gasteiger partial charge in [0, 0.05) is 23.5 Å². The third-order valence-corrected chi connectivity index (χ3v) is 4.71. The molecule has 2 aromatic heterocycles. The Bertz CT molecular complexity index is 1260. The van der Waals surface area contributed by atoms with E-state index in [1.54, 1.807) is 17.6 Å². The first-order valence-corrected chi connectivity index (χ1v) is 9.89. The predicted octanol–water partition coefficient (Wildman–Crippen LogP) is 4.96. The van der Waals surface area contributed by atoms with Gasteiger partial charge in [-0.3, -0.25) is 4.79 Å². The summed E-state index contributed by atoms with van der Waals surface area (Å²) in [6, 6.07) is 14.0. The molecule has 0 aliphatic heterocycles. The van der Waals surface area contributed by atoms with Gasteiger partial charge in [-0.25, -0.2) is 9.50 Å². The number of alkyl halides is 2. The molecule has 0 saturated carbocycles. The van der Waals surface area contributed by atoms with Crippen LogP contribution in [-0.4, -0.2) is 33.7 Å².